The fraction of sp³-hybridized carbons (Fsp3) is 0.778. The molecule has 0 saturated heterocycles. The van der Waals surface area contributed by atoms with Crippen LogP contribution in [0.3, 0.4) is 0 Å². The van der Waals surface area contributed by atoms with Crippen LogP contribution in [-0.2, 0) is 4.79 Å². The van der Waals surface area contributed by atoms with E-state index in [4.69, 9.17) is 5.73 Å². The third-order valence-electron chi connectivity index (χ3n) is 1.93. The minimum Gasteiger partial charge on any atom is -0.370 e. The van der Waals surface area contributed by atoms with E-state index in [1.807, 2.05) is 13.8 Å². The van der Waals surface area contributed by atoms with Crippen molar-refractivity contribution in [1.29, 1.82) is 0 Å². The van der Waals surface area contributed by atoms with E-state index >= 15 is 0 Å². The first-order valence-electron chi connectivity index (χ1n) is 4.92. The van der Waals surface area contributed by atoms with Gasteiger partial charge >= 0.3 is 6.03 Å². The van der Waals surface area contributed by atoms with Crippen LogP contribution in [0.2, 0.25) is 0 Å². The van der Waals surface area contributed by atoms with Gasteiger partial charge in [0.15, 0.2) is 0 Å². The molecule has 3 N–H and O–H groups in total. The summed E-state index contributed by atoms with van der Waals surface area (Å²) in [5.74, 6) is -0.331. The largest absolute Gasteiger partial charge is 0.370 e. The Bertz CT molecular complexity index is 190. The van der Waals surface area contributed by atoms with Crippen LogP contribution in [0, 0.1) is 0 Å². The van der Waals surface area contributed by atoms with Crippen molar-refractivity contribution in [2.45, 2.75) is 26.7 Å². The average molecular weight is 201 g/mol. The Morgan fingerprint density at radius 3 is 2.29 bits per heavy atom. The Labute approximate surface area is 84.6 Å². The fourth-order valence-electron chi connectivity index (χ4n) is 1.08. The Morgan fingerprint density at radius 2 is 1.86 bits per heavy atom. The van der Waals surface area contributed by atoms with Crippen LogP contribution in [0.25, 0.3) is 0 Å². The third kappa shape index (κ3) is 5.40. The van der Waals surface area contributed by atoms with Gasteiger partial charge in [0.2, 0.25) is 5.91 Å². The lowest BCUT2D eigenvalue weighted by Gasteiger charge is -2.18. The van der Waals surface area contributed by atoms with Crippen molar-refractivity contribution in [2.75, 3.05) is 19.6 Å². The van der Waals surface area contributed by atoms with Crippen molar-refractivity contribution in [3.8, 4) is 0 Å². The molecule has 0 aromatic rings. The number of urea groups is 1. The molecule has 0 aliphatic heterocycles. The molecular formula is C9H19N3O2. The van der Waals surface area contributed by atoms with Gasteiger partial charge in [-0.05, 0) is 20.3 Å². The highest BCUT2D eigenvalue weighted by atomic mass is 16.2. The van der Waals surface area contributed by atoms with Gasteiger partial charge in [-0.2, -0.15) is 0 Å². The second-order valence-electron chi connectivity index (χ2n) is 2.97. The quantitative estimate of drug-likeness (QED) is 0.606. The van der Waals surface area contributed by atoms with Gasteiger partial charge in [0.05, 0.1) is 0 Å². The number of nitrogens with two attached hydrogens (primary N) is 1. The molecule has 0 unspecified atom stereocenters. The second-order valence-corrected chi connectivity index (χ2v) is 2.97. The van der Waals surface area contributed by atoms with Crippen LogP contribution < -0.4 is 11.1 Å². The van der Waals surface area contributed by atoms with E-state index < -0.39 is 0 Å². The maximum Gasteiger partial charge on any atom is 0.317 e. The van der Waals surface area contributed by atoms with Gasteiger partial charge < -0.3 is 16.0 Å². The summed E-state index contributed by atoms with van der Waals surface area (Å²) in [6, 6.07) is -0.0838. The average Bonchev–Trinajstić information content (AvgIpc) is 2.14. The summed E-state index contributed by atoms with van der Waals surface area (Å²) >= 11 is 0. The molecular weight excluding hydrogens is 182 g/mol. The summed E-state index contributed by atoms with van der Waals surface area (Å²) in [6.07, 6.45) is 0.918. The number of primary amides is 1. The van der Waals surface area contributed by atoms with E-state index in [9.17, 15) is 9.59 Å². The zero-order valence-electron chi connectivity index (χ0n) is 8.88. The maximum atomic E-state index is 11.3. The first-order valence-corrected chi connectivity index (χ1v) is 4.92. The zero-order valence-corrected chi connectivity index (χ0v) is 8.88. The van der Waals surface area contributed by atoms with E-state index in [2.05, 4.69) is 5.32 Å². The molecule has 0 atom stereocenters. The van der Waals surface area contributed by atoms with E-state index in [1.165, 1.54) is 0 Å². The Kier molecular flexibility index (Phi) is 6.53. The molecule has 0 heterocycles. The Morgan fingerprint density at radius 1 is 1.29 bits per heavy atom. The van der Waals surface area contributed by atoms with Crippen LogP contribution in [0.15, 0.2) is 0 Å². The normalized spacial score (nSPS) is 9.57. The number of nitrogens with zero attached hydrogens (tertiary/aromatic N) is 1. The number of hydrogen-bond donors (Lipinski definition) is 2. The van der Waals surface area contributed by atoms with Gasteiger partial charge in [-0.3, -0.25) is 4.79 Å². The molecule has 0 bridgehead atoms. The highest BCUT2D eigenvalue weighted by Crippen LogP contribution is 1.89. The van der Waals surface area contributed by atoms with Gasteiger partial charge in [-0.25, -0.2) is 4.79 Å². The smallest absolute Gasteiger partial charge is 0.317 e. The van der Waals surface area contributed by atoms with E-state index in [0.29, 0.717) is 32.5 Å². The fourth-order valence-corrected chi connectivity index (χ4v) is 1.08. The number of hydrogen-bond acceptors (Lipinski definition) is 2. The minimum atomic E-state index is -0.331. The van der Waals surface area contributed by atoms with Gasteiger partial charge in [-0.1, -0.05) is 0 Å². The number of nitrogens with one attached hydrogen (secondary N) is 1. The van der Waals surface area contributed by atoms with Gasteiger partial charge in [0, 0.05) is 26.1 Å². The molecule has 0 fully saturated rings. The number of carbonyl (C=O) groups is 2. The van der Waals surface area contributed by atoms with Crippen molar-refractivity contribution < 1.29 is 9.59 Å². The molecule has 0 aliphatic rings. The van der Waals surface area contributed by atoms with Crippen LogP contribution in [0.4, 0.5) is 4.79 Å². The Hall–Kier alpha value is -1.26. The first kappa shape index (κ1) is 12.7. The molecule has 14 heavy (non-hydrogen) atoms. The summed E-state index contributed by atoms with van der Waals surface area (Å²) in [7, 11) is 0. The summed E-state index contributed by atoms with van der Waals surface area (Å²) in [4.78, 5) is 23.4. The van der Waals surface area contributed by atoms with Crippen molar-refractivity contribution in [3.05, 3.63) is 0 Å². The highest BCUT2D eigenvalue weighted by Gasteiger charge is 2.07. The molecule has 3 amide bonds. The van der Waals surface area contributed by atoms with Crippen LogP contribution >= 0.6 is 0 Å². The Balaban J connectivity index is 3.57. The summed E-state index contributed by atoms with van der Waals surface area (Å²) < 4.78 is 0. The number of carbonyl (C=O) groups excluding carboxylic acids is 2. The summed E-state index contributed by atoms with van der Waals surface area (Å²) in [6.45, 7) is 5.73. The molecule has 0 rings (SSSR count). The standard InChI is InChI=1S/C9H19N3O2/c1-3-12(4-2)9(14)11-7-5-6-8(10)13/h3-7H2,1-2H3,(H2,10,13)(H,11,14). The van der Waals surface area contributed by atoms with Crippen molar-refractivity contribution in [1.82, 2.24) is 10.2 Å². The van der Waals surface area contributed by atoms with Gasteiger partial charge in [0.25, 0.3) is 0 Å². The molecule has 0 radical (unpaired) electrons. The zero-order chi connectivity index (χ0) is 11.0. The van der Waals surface area contributed by atoms with Crippen molar-refractivity contribution >= 4 is 11.9 Å². The predicted octanol–water partition coefficient (Wildman–Crippen LogP) is 0.303. The summed E-state index contributed by atoms with van der Waals surface area (Å²) in [5.41, 5.74) is 4.96. The molecule has 82 valence electrons. The monoisotopic (exact) mass is 201 g/mol. The van der Waals surface area contributed by atoms with Crippen LogP contribution in [0.1, 0.15) is 26.7 Å². The first-order chi connectivity index (χ1) is 6.61. The lowest BCUT2D eigenvalue weighted by Crippen LogP contribution is -2.40. The molecule has 5 nitrogen and oxygen atoms in total. The predicted molar refractivity (Wildman–Crippen MR) is 54.7 cm³/mol. The van der Waals surface area contributed by atoms with E-state index in [-0.39, 0.29) is 11.9 Å². The van der Waals surface area contributed by atoms with Crippen LogP contribution in [0.5, 0.6) is 0 Å². The molecule has 0 aromatic carbocycles. The molecule has 5 heteroatoms. The SMILES string of the molecule is CCN(CC)C(=O)NCCCC(N)=O. The van der Waals surface area contributed by atoms with Crippen LogP contribution in [-0.4, -0.2) is 36.5 Å². The highest BCUT2D eigenvalue weighted by molar-refractivity contribution is 5.75. The summed E-state index contributed by atoms with van der Waals surface area (Å²) in [5, 5.41) is 2.72. The number of amides is 3. The lowest BCUT2D eigenvalue weighted by atomic mass is 10.3. The molecule has 0 aliphatic carbocycles. The van der Waals surface area contributed by atoms with E-state index in [1.54, 1.807) is 4.90 Å². The van der Waals surface area contributed by atoms with Gasteiger partial charge in [0.1, 0.15) is 0 Å². The second kappa shape index (κ2) is 7.17. The topological polar surface area (TPSA) is 75.4 Å². The maximum absolute atomic E-state index is 11.3. The molecule has 0 saturated carbocycles. The molecule has 0 aromatic heterocycles. The van der Waals surface area contributed by atoms with E-state index in [0.717, 1.165) is 0 Å². The minimum absolute atomic E-state index is 0.0838. The van der Waals surface area contributed by atoms with Crippen molar-refractivity contribution in [2.24, 2.45) is 5.73 Å². The molecule has 0 spiro atoms. The number of rotatable bonds is 6. The van der Waals surface area contributed by atoms with Gasteiger partial charge in [-0.15, -0.1) is 0 Å². The third-order valence-corrected chi connectivity index (χ3v) is 1.93. The lowest BCUT2D eigenvalue weighted by molar-refractivity contribution is -0.118. The van der Waals surface area contributed by atoms with Crippen molar-refractivity contribution in [3.63, 3.8) is 0 Å².